The third kappa shape index (κ3) is 3.82. The van der Waals surface area contributed by atoms with Crippen molar-refractivity contribution in [2.45, 2.75) is 32.9 Å². The van der Waals surface area contributed by atoms with Gasteiger partial charge in [0.25, 0.3) is 0 Å². The number of fused-ring (bicyclic) bond motifs is 3. The SMILES string of the molecule is Cc1c(N2CCc3cnc(Nc4cnc5c(c4)CN(C)CC5)nc3C2)cnc2c1NCCO2. The Morgan fingerprint density at radius 2 is 1.94 bits per heavy atom. The number of nitrogens with zero attached hydrogens (tertiary/aromatic N) is 6. The third-order valence-corrected chi connectivity index (χ3v) is 6.69. The molecule has 0 fully saturated rings. The molecule has 3 aromatic rings. The van der Waals surface area contributed by atoms with Gasteiger partial charge in [0, 0.05) is 50.1 Å². The molecular weight excluding hydrogens is 416 g/mol. The van der Waals surface area contributed by atoms with Gasteiger partial charge in [0.1, 0.15) is 12.3 Å². The molecule has 3 aliphatic heterocycles. The van der Waals surface area contributed by atoms with Crippen molar-refractivity contribution in [3.8, 4) is 5.88 Å². The number of nitrogens with one attached hydrogen (secondary N) is 2. The Labute approximate surface area is 193 Å². The van der Waals surface area contributed by atoms with E-state index >= 15 is 0 Å². The van der Waals surface area contributed by atoms with Crippen molar-refractivity contribution in [2.75, 3.05) is 48.8 Å². The van der Waals surface area contributed by atoms with Gasteiger partial charge in [0.2, 0.25) is 11.8 Å². The maximum Gasteiger partial charge on any atom is 0.237 e. The van der Waals surface area contributed by atoms with Gasteiger partial charge in [0.05, 0.1) is 36.0 Å². The first kappa shape index (κ1) is 20.2. The second-order valence-corrected chi connectivity index (χ2v) is 9.00. The van der Waals surface area contributed by atoms with Crippen LogP contribution in [0.3, 0.4) is 0 Å². The topological polar surface area (TPSA) is 91.3 Å². The molecule has 0 saturated carbocycles. The molecule has 0 spiro atoms. The molecule has 9 heteroatoms. The van der Waals surface area contributed by atoms with E-state index in [9.17, 15) is 0 Å². The van der Waals surface area contributed by atoms with Gasteiger partial charge in [-0.2, -0.15) is 0 Å². The van der Waals surface area contributed by atoms with Crippen molar-refractivity contribution in [1.82, 2.24) is 24.8 Å². The Morgan fingerprint density at radius 3 is 2.88 bits per heavy atom. The summed E-state index contributed by atoms with van der Waals surface area (Å²) in [6.07, 6.45) is 7.66. The summed E-state index contributed by atoms with van der Waals surface area (Å²) in [5.74, 6) is 1.30. The van der Waals surface area contributed by atoms with Crippen molar-refractivity contribution in [1.29, 1.82) is 0 Å². The minimum absolute atomic E-state index is 0.608. The van der Waals surface area contributed by atoms with E-state index in [0.29, 0.717) is 18.4 Å². The van der Waals surface area contributed by atoms with E-state index in [4.69, 9.17) is 9.72 Å². The van der Waals surface area contributed by atoms with E-state index in [1.54, 1.807) is 0 Å². The second kappa shape index (κ2) is 8.15. The molecule has 170 valence electrons. The van der Waals surface area contributed by atoms with Gasteiger partial charge >= 0.3 is 0 Å². The Morgan fingerprint density at radius 1 is 1.00 bits per heavy atom. The Kier molecular flexibility index (Phi) is 4.98. The Balaban J connectivity index is 1.23. The monoisotopic (exact) mass is 444 g/mol. The van der Waals surface area contributed by atoms with Crippen LogP contribution in [0.4, 0.5) is 23.0 Å². The fourth-order valence-corrected chi connectivity index (χ4v) is 4.86. The molecule has 0 unspecified atom stereocenters. The minimum atomic E-state index is 0.608. The molecule has 33 heavy (non-hydrogen) atoms. The van der Waals surface area contributed by atoms with Crippen LogP contribution in [-0.2, 0) is 25.9 Å². The Hall–Kier alpha value is -3.46. The number of hydrogen-bond acceptors (Lipinski definition) is 9. The van der Waals surface area contributed by atoms with Crippen LogP contribution >= 0.6 is 0 Å². The molecule has 2 N–H and O–H groups in total. The van der Waals surface area contributed by atoms with E-state index in [-0.39, 0.29) is 0 Å². The molecule has 3 aliphatic rings. The summed E-state index contributed by atoms with van der Waals surface area (Å²) in [6, 6.07) is 2.17. The van der Waals surface area contributed by atoms with Crippen molar-refractivity contribution in [3.63, 3.8) is 0 Å². The first-order valence-electron chi connectivity index (χ1n) is 11.5. The first-order chi connectivity index (χ1) is 16.1. The largest absolute Gasteiger partial charge is 0.474 e. The van der Waals surface area contributed by atoms with Crippen LogP contribution < -0.4 is 20.3 Å². The predicted molar refractivity (Wildman–Crippen MR) is 127 cm³/mol. The van der Waals surface area contributed by atoms with Gasteiger partial charge < -0.3 is 25.2 Å². The van der Waals surface area contributed by atoms with Crippen molar-refractivity contribution in [3.05, 3.63) is 52.7 Å². The van der Waals surface area contributed by atoms with Gasteiger partial charge in [-0.1, -0.05) is 0 Å². The quantitative estimate of drug-likeness (QED) is 0.633. The molecule has 9 nitrogen and oxygen atoms in total. The molecule has 0 radical (unpaired) electrons. The smallest absolute Gasteiger partial charge is 0.237 e. The lowest BCUT2D eigenvalue weighted by Gasteiger charge is -2.32. The van der Waals surface area contributed by atoms with E-state index < -0.39 is 0 Å². The summed E-state index contributed by atoms with van der Waals surface area (Å²) in [5.41, 5.74) is 8.92. The summed E-state index contributed by atoms with van der Waals surface area (Å²) in [7, 11) is 2.14. The second-order valence-electron chi connectivity index (χ2n) is 9.00. The van der Waals surface area contributed by atoms with E-state index in [1.807, 2.05) is 18.6 Å². The molecule has 0 saturated heterocycles. The number of anilines is 4. The molecule has 0 aliphatic carbocycles. The van der Waals surface area contributed by atoms with Crippen LogP contribution in [-0.4, -0.2) is 58.1 Å². The summed E-state index contributed by atoms with van der Waals surface area (Å²) >= 11 is 0. The molecule has 0 bridgehead atoms. The van der Waals surface area contributed by atoms with Crippen molar-refractivity contribution in [2.24, 2.45) is 0 Å². The molecular formula is C24H28N8O. The van der Waals surface area contributed by atoms with Crippen LogP contribution in [0.25, 0.3) is 0 Å². The summed E-state index contributed by atoms with van der Waals surface area (Å²) < 4.78 is 5.69. The van der Waals surface area contributed by atoms with E-state index in [0.717, 1.165) is 68.3 Å². The molecule has 6 heterocycles. The van der Waals surface area contributed by atoms with Gasteiger partial charge in [-0.25, -0.2) is 15.0 Å². The minimum Gasteiger partial charge on any atom is -0.474 e. The van der Waals surface area contributed by atoms with Crippen LogP contribution in [0.1, 0.15) is 28.1 Å². The van der Waals surface area contributed by atoms with Crippen LogP contribution in [0.5, 0.6) is 5.88 Å². The van der Waals surface area contributed by atoms with Crippen LogP contribution in [0, 0.1) is 6.92 Å². The third-order valence-electron chi connectivity index (χ3n) is 6.69. The summed E-state index contributed by atoms with van der Waals surface area (Å²) in [5, 5.41) is 6.80. The molecule has 0 amide bonds. The summed E-state index contributed by atoms with van der Waals surface area (Å²) in [4.78, 5) is 23.3. The number of hydrogen-bond donors (Lipinski definition) is 2. The number of rotatable bonds is 3. The fourth-order valence-electron chi connectivity index (χ4n) is 4.86. The highest BCUT2D eigenvalue weighted by molar-refractivity contribution is 5.70. The van der Waals surface area contributed by atoms with E-state index in [2.05, 4.69) is 55.4 Å². The first-order valence-corrected chi connectivity index (χ1v) is 11.5. The standard InChI is InChI=1S/C24H28N8O/c1-15-21(12-27-23-22(15)25-5-8-33-23)32-7-3-16-10-28-24(30-20(16)14-32)29-18-9-17-13-31(2)6-4-19(17)26-11-18/h9-12,25H,3-8,13-14H2,1-2H3,(H,28,29,30). The van der Waals surface area contributed by atoms with Gasteiger partial charge in [-0.15, -0.1) is 0 Å². The normalized spacial score (nSPS) is 17.3. The number of likely N-dealkylation sites (N-methyl/N-ethyl adjacent to an activating group) is 1. The lowest BCUT2D eigenvalue weighted by molar-refractivity contribution is 0.310. The average molecular weight is 445 g/mol. The highest BCUT2D eigenvalue weighted by atomic mass is 16.5. The highest BCUT2D eigenvalue weighted by Crippen LogP contribution is 2.36. The van der Waals surface area contributed by atoms with Gasteiger partial charge in [0.15, 0.2) is 0 Å². The van der Waals surface area contributed by atoms with Crippen LogP contribution in [0.2, 0.25) is 0 Å². The maximum atomic E-state index is 5.69. The number of pyridine rings is 2. The van der Waals surface area contributed by atoms with Gasteiger partial charge in [-0.3, -0.25) is 4.98 Å². The molecule has 0 aromatic carbocycles. The zero-order chi connectivity index (χ0) is 22.4. The lowest BCUT2D eigenvalue weighted by Crippen LogP contribution is -2.32. The Bertz CT molecular complexity index is 1210. The summed E-state index contributed by atoms with van der Waals surface area (Å²) in [6.45, 7) is 7.19. The number of ether oxygens (including phenoxy) is 1. The van der Waals surface area contributed by atoms with E-state index in [1.165, 1.54) is 22.4 Å². The average Bonchev–Trinajstić information content (AvgIpc) is 2.84. The number of aromatic nitrogens is 4. The molecule has 0 atom stereocenters. The maximum absolute atomic E-state index is 5.69. The predicted octanol–water partition coefficient (Wildman–Crippen LogP) is 2.67. The van der Waals surface area contributed by atoms with Crippen LogP contribution in [0.15, 0.2) is 24.7 Å². The highest BCUT2D eigenvalue weighted by Gasteiger charge is 2.24. The molecule has 3 aromatic heterocycles. The zero-order valence-corrected chi connectivity index (χ0v) is 19.1. The van der Waals surface area contributed by atoms with Crippen molar-refractivity contribution >= 4 is 23.0 Å². The zero-order valence-electron chi connectivity index (χ0n) is 19.1. The lowest BCUT2D eigenvalue weighted by atomic mass is 10.0. The van der Waals surface area contributed by atoms with Gasteiger partial charge in [-0.05, 0) is 37.6 Å². The fraction of sp³-hybridized carbons (Fsp3) is 0.417. The molecule has 6 rings (SSSR count). The van der Waals surface area contributed by atoms with Crippen molar-refractivity contribution < 1.29 is 4.74 Å².